The molecule has 2 atom stereocenters. The predicted molar refractivity (Wildman–Crippen MR) is 70.0 cm³/mol. The molecule has 2 unspecified atom stereocenters. The van der Waals surface area contributed by atoms with E-state index in [1.807, 2.05) is 31.2 Å². The smallest absolute Gasteiger partial charge is 0.309 e. The Hall–Kier alpha value is -1.36. The summed E-state index contributed by atoms with van der Waals surface area (Å²) in [5, 5.41) is 9.24. The van der Waals surface area contributed by atoms with E-state index >= 15 is 0 Å². The van der Waals surface area contributed by atoms with Crippen LogP contribution in [0.3, 0.4) is 0 Å². The Morgan fingerprint density at radius 2 is 2.06 bits per heavy atom. The molecule has 1 fully saturated rings. The highest BCUT2D eigenvalue weighted by Crippen LogP contribution is 2.38. The molecule has 0 aromatic heterocycles. The zero-order valence-corrected chi connectivity index (χ0v) is 11.6. The third-order valence-electron chi connectivity index (χ3n) is 3.30. The number of likely N-dealkylation sites (tertiary alicyclic amines) is 1. The molecule has 0 radical (unpaired) electrons. The van der Waals surface area contributed by atoms with Gasteiger partial charge in [0.1, 0.15) is 0 Å². The highest BCUT2D eigenvalue weighted by atomic mass is 79.9. The lowest BCUT2D eigenvalue weighted by atomic mass is 9.94. The number of amides is 1. The summed E-state index contributed by atoms with van der Waals surface area (Å²) in [6.07, 6.45) is 0.0872. The third-order valence-corrected chi connectivity index (χ3v) is 3.83. The van der Waals surface area contributed by atoms with E-state index in [1.165, 1.54) is 0 Å². The van der Waals surface area contributed by atoms with E-state index < -0.39 is 11.9 Å². The molecule has 4 nitrogen and oxygen atoms in total. The lowest BCUT2D eigenvalue weighted by Crippen LogP contribution is -2.30. The zero-order chi connectivity index (χ0) is 13.3. The summed E-state index contributed by atoms with van der Waals surface area (Å²) < 4.78 is 0.936. The molecule has 1 saturated heterocycles. The van der Waals surface area contributed by atoms with Gasteiger partial charge in [-0.05, 0) is 24.6 Å². The maximum Gasteiger partial charge on any atom is 0.309 e. The van der Waals surface area contributed by atoms with Crippen LogP contribution < -0.4 is 0 Å². The highest BCUT2D eigenvalue weighted by Gasteiger charge is 2.43. The molecular weight excluding hydrogens is 298 g/mol. The first-order valence-electron chi connectivity index (χ1n) is 5.82. The molecule has 18 heavy (non-hydrogen) atoms. The van der Waals surface area contributed by atoms with E-state index in [2.05, 4.69) is 15.9 Å². The summed E-state index contributed by atoms with van der Waals surface area (Å²) in [7, 11) is 0. The van der Waals surface area contributed by atoms with Gasteiger partial charge >= 0.3 is 5.97 Å². The molecule has 5 heteroatoms. The number of benzene rings is 1. The van der Waals surface area contributed by atoms with E-state index in [0.717, 1.165) is 10.0 Å². The number of nitrogens with zero attached hydrogens (tertiary/aromatic N) is 1. The number of carbonyl (C=O) groups is 2. The van der Waals surface area contributed by atoms with Gasteiger partial charge in [0, 0.05) is 17.4 Å². The number of carbonyl (C=O) groups excluding carboxylic acids is 1. The standard InChI is InChI=1S/C13H14BrNO3/c1-2-15-11(16)7-10(13(17)18)12(15)8-3-5-9(14)6-4-8/h3-6,10,12H,2,7H2,1H3,(H,17,18). The van der Waals surface area contributed by atoms with Crippen molar-refractivity contribution >= 4 is 27.8 Å². The summed E-state index contributed by atoms with van der Waals surface area (Å²) in [6, 6.07) is 7.11. The summed E-state index contributed by atoms with van der Waals surface area (Å²) in [5.74, 6) is -1.65. The second kappa shape index (κ2) is 5.10. The van der Waals surface area contributed by atoms with Gasteiger partial charge in [0.25, 0.3) is 0 Å². The first kappa shape index (κ1) is 13.1. The van der Waals surface area contributed by atoms with E-state index in [0.29, 0.717) is 6.54 Å². The van der Waals surface area contributed by atoms with Crippen molar-refractivity contribution < 1.29 is 14.7 Å². The van der Waals surface area contributed by atoms with Gasteiger partial charge in [-0.2, -0.15) is 0 Å². The topological polar surface area (TPSA) is 57.6 Å². The van der Waals surface area contributed by atoms with Gasteiger partial charge in [0.15, 0.2) is 0 Å². The van der Waals surface area contributed by atoms with Crippen molar-refractivity contribution in [2.24, 2.45) is 5.92 Å². The Kier molecular flexibility index (Phi) is 3.71. The maximum absolute atomic E-state index is 11.8. The lowest BCUT2D eigenvalue weighted by molar-refractivity contribution is -0.142. The Morgan fingerprint density at radius 3 is 2.56 bits per heavy atom. The summed E-state index contributed by atoms with van der Waals surface area (Å²) in [6.45, 7) is 2.40. The van der Waals surface area contributed by atoms with E-state index in [4.69, 9.17) is 0 Å². The Labute approximate surface area is 114 Å². The molecule has 1 aromatic carbocycles. The third kappa shape index (κ3) is 2.27. The number of aliphatic carboxylic acids is 1. The van der Waals surface area contributed by atoms with Crippen LogP contribution in [0.2, 0.25) is 0 Å². The molecule has 1 aliphatic heterocycles. The fourth-order valence-electron chi connectivity index (χ4n) is 2.46. The van der Waals surface area contributed by atoms with Gasteiger partial charge in [-0.3, -0.25) is 9.59 Å². The van der Waals surface area contributed by atoms with Crippen molar-refractivity contribution in [3.63, 3.8) is 0 Å². The van der Waals surface area contributed by atoms with Crippen LogP contribution in [-0.2, 0) is 9.59 Å². The zero-order valence-electron chi connectivity index (χ0n) is 9.97. The fraction of sp³-hybridized carbons (Fsp3) is 0.385. The summed E-state index contributed by atoms with van der Waals surface area (Å²) >= 11 is 3.35. The van der Waals surface area contributed by atoms with E-state index in [9.17, 15) is 14.7 Å². The maximum atomic E-state index is 11.8. The molecule has 0 saturated carbocycles. The van der Waals surface area contributed by atoms with Crippen LogP contribution >= 0.6 is 15.9 Å². The van der Waals surface area contributed by atoms with Gasteiger partial charge in [0.2, 0.25) is 5.91 Å². The molecule has 1 N–H and O–H groups in total. The molecular formula is C13H14BrNO3. The van der Waals surface area contributed by atoms with Gasteiger partial charge in [-0.25, -0.2) is 0 Å². The number of carboxylic acid groups (broad SMARTS) is 1. The van der Waals surface area contributed by atoms with E-state index in [1.54, 1.807) is 4.90 Å². The average Bonchev–Trinajstić information content (AvgIpc) is 2.67. The van der Waals surface area contributed by atoms with Crippen LogP contribution in [-0.4, -0.2) is 28.4 Å². The number of carboxylic acids is 1. The second-order valence-corrected chi connectivity index (χ2v) is 5.24. The Bertz CT molecular complexity index is 472. The van der Waals surface area contributed by atoms with Crippen LogP contribution in [0.15, 0.2) is 28.7 Å². The van der Waals surface area contributed by atoms with E-state index in [-0.39, 0.29) is 18.4 Å². The second-order valence-electron chi connectivity index (χ2n) is 4.32. The molecule has 0 aliphatic carbocycles. The van der Waals surface area contributed by atoms with Crippen molar-refractivity contribution in [1.29, 1.82) is 0 Å². The van der Waals surface area contributed by atoms with Gasteiger partial charge in [-0.15, -0.1) is 0 Å². The molecule has 1 aromatic rings. The van der Waals surface area contributed by atoms with Crippen molar-refractivity contribution in [3.8, 4) is 0 Å². The molecule has 1 amide bonds. The van der Waals surface area contributed by atoms with Crippen molar-refractivity contribution in [3.05, 3.63) is 34.3 Å². The molecule has 0 bridgehead atoms. The minimum absolute atomic E-state index is 0.0854. The number of hydrogen-bond acceptors (Lipinski definition) is 2. The number of hydrogen-bond donors (Lipinski definition) is 1. The van der Waals surface area contributed by atoms with Crippen LogP contribution in [0.1, 0.15) is 24.9 Å². The molecule has 96 valence electrons. The van der Waals surface area contributed by atoms with Crippen LogP contribution in [0.4, 0.5) is 0 Å². The summed E-state index contributed by atoms with van der Waals surface area (Å²) in [5.41, 5.74) is 0.873. The predicted octanol–water partition coefficient (Wildman–Crippen LogP) is 2.44. The monoisotopic (exact) mass is 311 g/mol. The van der Waals surface area contributed by atoms with Crippen molar-refractivity contribution in [2.75, 3.05) is 6.54 Å². The Balaban J connectivity index is 2.39. The van der Waals surface area contributed by atoms with Gasteiger partial charge < -0.3 is 10.0 Å². The van der Waals surface area contributed by atoms with Crippen LogP contribution in [0.5, 0.6) is 0 Å². The fourth-order valence-corrected chi connectivity index (χ4v) is 2.72. The molecule has 1 heterocycles. The first-order valence-corrected chi connectivity index (χ1v) is 6.61. The van der Waals surface area contributed by atoms with Crippen LogP contribution in [0.25, 0.3) is 0 Å². The minimum atomic E-state index is -0.910. The molecule has 2 rings (SSSR count). The van der Waals surface area contributed by atoms with Gasteiger partial charge in [-0.1, -0.05) is 28.1 Å². The summed E-state index contributed by atoms with van der Waals surface area (Å²) in [4.78, 5) is 24.7. The lowest BCUT2D eigenvalue weighted by Gasteiger charge is -2.26. The first-order chi connectivity index (χ1) is 8.54. The Morgan fingerprint density at radius 1 is 1.44 bits per heavy atom. The van der Waals surface area contributed by atoms with Gasteiger partial charge in [0.05, 0.1) is 12.0 Å². The minimum Gasteiger partial charge on any atom is -0.481 e. The molecule has 0 spiro atoms. The quantitative estimate of drug-likeness (QED) is 0.932. The number of halogens is 1. The normalized spacial score (nSPS) is 23.4. The molecule has 1 aliphatic rings. The SMILES string of the molecule is CCN1C(=O)CC(C(=O)O)C1c1ccc(Br)cc1. The van der Waals surface area contributed by atoms with Crippen molar-refractivity contribution in [2.45, 2.75) is 19.4 Å². The average molecular weight is 312 g/mol. The number of rotatable bonds is 3. The largest absolute Gasteiger partial charge is 0.481 e. The van der Waals surface area contributed by atoms with Crippen molar-refractivity contribution in [1.82, 2.24) is 4.90 Å². The van der Waals surface area contributed by atoms with Crippen LogP contribution in [0, 0.1) is 5.92 Å². The highest BCUT2D eigenvalue weighted by molar-refractivity contribution is 9.10.